The van der Waals surface area contributed by atoms with Crippen LogP contribution in [0.1, 0.15) is 11.3 Å². The molecule has 1 aromatic carbocycles. The zero-order chi connectivity index (χ0) is 14.0. The molecular formula is C13H14F3N3. The highest BCUT2D eigenvalue weighted by atomic mass is 19.4. The smallest absolute Gasteiger partial charge is 0.334 e. The summed E-state index contributed by atoms with van der Waals surface area (Å²) in [5.41, 5.74) is 6.71. The first kappa shape index (κ1) is 13.6. The Balaban J connectivity index is 2.50. The highest BCUT2D eigenvalue weighted by molar-refractivity contribution is 5.63. The molecule has 0 aliphatic carbocycles. The summed E-state index contributed by atoms with van der Waals surface area (Å²) in [6.07, 6.45) is -2.23. The molecule has 1 heterocycles. The number of aromatic nitrogens is 2. The van der Waals surface area contributed by atoms with Gasteiger partial charge < -0.3 is 10.3 Å². The van der Waals surface area contributed by atoms with Gasteiger partial charge in [-0.1, -0.05) is 12.1 Å². The van der Waals surface area contributed by atoms with Crippen molar-refractivity contribution in [2.75, 3.05) is 6.54 Å². The monoisotopic (exact) mass is 269 g/mol. The summed E-state index contributed by atoms with van der Waals surface area (Å²) in [5, 5.41) is 0. The van der Waals surface area contributed by atoms with Gasteiger partial charge in [-0.25, -0.2) is 4.98 Å². The summed E-state index contributed by atoms with van der Waals surface area (Å²) in [7, 11) is 1.75. The van der Waals surface area contributed by atoms with Gasteiger partial charge in [-0.2, -0.15) is 13.2 Å². The molecule has 0 saturated heterocycles. The van der Waals surface area contributed by atoms with E-state index >= 15 is 0 Å². The van der Waals surface area contributed by atoms with Crippen LogP contribution >= 0.6 is 0 Å². The third-order valence-electron chi connectivity index (χ3n) is 2.86. The standard InChI is InChI=1S/C13H14F3N3/c1-19-8-18-11(5-6-17)12(19)9-3-2-4-10(7-9)13(14,15)16/h2-4,7-8H,5-6,17H2,1H3. The molecule has 0 bridgehead atoms. The van der Waals surface area contributed by atoms with E-state index in [-0.39, 0.29) is 0 Å². The number of imidazole rings is 1. The molecule has 0 aliphatic rings. The minimum atomic E-state index is -4.34. The molecule has 2 rings (SSSR count). The topological polar surface area (TPSA) is 43.8 Å². The van der Waals surface area contributed by atoms with Gasteiger partial charge in [0.2, 0.25) is 0 Å². The van der Waals surface area contributed by atoms with E-state index in [0.717, 1.165) is 12.1 Å². The van der Waals surface area contributed by atoms with Crippen LogP contribution in [0.25, 0.3) is 11.3 Å². The van der Waals surface area contributed by atoms with Gasteiger partial charge in [0.25, 0.3) is 0 Å². The largest absolute Gasteiger partial charge is 0.416 e. The van der Waals surface area contributed by atoms with E-state index in [9.17, 15) is 13.2 Å². The Morgan fingerprint density at radius 1 is 1.32 bits per heavy atom. The molecule has 3 nitrogen and oxygen atoms in total. The Kier molecular flexibility index (Phi) is 3.61. The second-order valence-electron chi connectivity index (χ2n) is 4.27. The van der Waals surface area contributed by atoms with Crippen molar-refractivity contribution in [1.29, 1.82) is 0 Å². The number of alkyl halides is 3. The minimum Gasteiger partial charge on any atom is -0.334 e. The molecule has 0 aliphatic heterocycles. The van der Waals surface area contributed by atoms with Crippen molar-refractivity contribution < 1.29 is 13.2 Å². The summed E-state index contributed by atoms with van der Waals surface area (Å²) < 4.78 is 39.9. The van der Waals surface area contributed by atoms with Gasteiger partial charge >= 0.3 is 6.18 Å². The summed E-state index contributed by atoms with van der Waals surface area (Å²) in [6.45, 7) is 0.406. The van der Waals surface area contributed by atoms with Crippen LogP contribution in [0.15, 0.2) is 30.6 Å². The molecule has 1 aromatic heterocycles. The Labute approximate surface area is 108 Å². The Hall–Kier alpha value is -1.82. The number of halogens is 3. The first-order valence-corrected chi connectivity index (χ1v) is 5.81. The molecule has 0 saturated carbocycles. The Bertz CT molecular complexity index is 573. The van der Waals surface area contributed by atoms with Gasteiger partial charge in [-0.15, -0.1) is 0 Å². The maximum Gasteiger partial charge on any atom is 0.416 e. The maximum absolute atomic E-state index is 12.7. The van der Waals surface area contributed by atoms with Crippen molar-refractivity contribution in [3.05, 3.63) is 41.9 Å². The van der Waals surface area contributed by atoms with Crippen molar-refractivity contribution in [2.24, 2.45) is 12.8 Å². The van der Waals surface area contributed by atoms with E-state index in [1.54, 1.807) is 24.0 Å². The number of nitrogens with zero attached hydrogens (tertiary/aromatic N) is 2. The van der Waals surface area contributed by atoms with E-state index in [0.29, 0.717) is 29.9 Å². The van der Waals surface area contributed by atoms with E-state index in [2.05, 4.69) is 4.98 Å². The zero-order valence-corrected chi connectivity index (χ0v) is 10.4. The normalized spacial score (nSPS) is 11.8. The van der Waals surface area contributed by atoms with Crippen LogP contribution in [0, 0.1) is 0 Å². The summed E-state index contributed by atoms with van der Waals surface area (Å²) in [6, 6.07) is 5.24. The lowest BCUT2D eigenvalue weighted by Gasteiger charge is -2.10. The lowest BCUT2D eigenvalue weighted by Crippen LogP contribution is -2.07. The van der Waals surface area contributed by atoms with Crippen LogP contribution in [-0.4, -0.2) is 16.1 Å². The van der Waals surface area contributed by atoms with E-state index in [1.807, 2.05) is 0 Å². The fourth-order valence-corrected chi connectivity index (χ4v) is 2.01. The second-order valence-corrected chi connectivity index (χ2v) is 4.27. The Morgan fingerprint density at radius 2 is 2.05 bits per heavy atom. The van der Waals surface area contributed by atoms with Crippen molar-refractivity contribution in [1.82, 2.24) is 9.55 Å². The lowest BCUT2D eigenvalue weighted by molar-refractivity contribution is -0.137. The van der Waals surface area contributed by atoms with Crippen molar-refractivity contribution >= 4 is 0 Å². The number of benzene rings is 1. The molecule has 0 unspecified atom stereocenters. The SMILES string of the molecule is Cn1cnc(CCN)c1-c1cccc(C(F)(F)F)c1. The van der Waals surface area contributed by atoms with Gasteiger partial charge in [0.15, 0.2) is 0 Å². The molecular weight excluding hydrogens is 255 g/mol. The fourth-order valence-electron chi connectivity index (χ4n) is 2.01. The number of rotatable bonds is 3. The van der Waals surface area contributed by atoms with Crippen LogP contribution in [-0.2, 0) is 19.6 Å². The zero-order valence-electron chi connectivity index (χ0n) is 10.4. The van der Waals surface area contributed by atoms with Crippen LogP contribution in [0.4, 0.5) is 13.2 Å². The molecule has 0 fully saturated rings. The molecule has 0 spiro atoms. The maximum atomic E-state index is 12.7. The predicted molar refractivity (Wildman–Crippen MR) is 66.4 cm³/mol. The first-order chi connectivity index (χ1) is 8.93. The van der Waals surface area contributed by atoms with Crippen LogP contribution in [0.3, 0.4) is 0 Å². The second kappa shape index (κ2) is 5.05. The molecule has 2 aromatic rings. The molecule has 2 N–H and O–H groups in total. The van der Waals surface area contributed by atoms with Crippen molar-refractivity contribution in [3.8, 4) is 11.3 Å². The molecule has 19 heavy (non-hydrogen) atoms. The quantitative estimate of drug-likeness (QED) is 0.930. The Morgan fingerprint density at radius 3 is 2.68 bits per heavy atom. The van der Waals surface area contributed by atoms with Gasteiger partial charge in [0.05, 0.1) is 23.3 Å². The van der Waals surface area contributed by atoms with E-state index in [4.69, 9.17) is 5.73 Å². The number of nitrogens with two attached hydrogens (primary N) is 1. The average molecular weight is 269 g/mol. The van der Waals surface area contributed by atoms with Crippen LogP contribution in [0.5, 0.6) is 0 Å². The summed E-state index contributed by atoms with van der Waals surface area (Å²) >= 11 is 0. The van der Waals surface area contributed by atoms with Gasteiger partial charge in [-0.05, 0) is 18.7 Å². The molecule has 0 radical (unpaired) electrons. The lowest BCUT2D eigenvalue weighted by atomic mass is 10.0. The predicted octanol–water partition coefficient (Wildman–Crippen LogP) is 2.61. The van der Waals surface area contributed by atoms with Crippen molar-refractivity contribution in [2.45, 2.75) is 12.6 Å². The van der Waals surface area contributed by atoms with Gasteiger partial charge in [0, 0.05) is 19.0 Å². The minimum absolute atomic E-state index is 0.406. The fraction of sp³-hybridized carbons (Fsp3) is 0.308. The molecule has 0 amide bonds. The summed E-state index contributed by atoms with van der Waals surface area (Å²) in [5.74, 6) is 0. The van der Waals surface area contributed by atoms with Gasteiger partial charge in [0.1, 0.15) is 0 Å². The van der Waals surface area contributed by atoms with E-state index in [1.165, 1.54) is 6.07 Å². The molecule has 102 valence electrons. The highest BCUT2D eigenvalue weighted by Gasteiger charge is 2.30. The highest BCUT2D eigenvalue weighted by Crippen LogP contribution is 2.32. The number of hydrogen-bond acceptors (Lipinski definition) is 2. The first-order valence-electron chi connectivity index (χ1n) is 5.81. The van der Waals surface area contributed by atoms with Gasteiger partial charge in [-0.3, -0.25) is 0 Å². The van der Waals surface area contributed by atoms with Crippen LogP contribution < -0.4 is 5.73 Å². The summed E-state index contributed by atoms with van der Waals surface area (Å²) in [4.78, 5) is 4.18. The van der Waals surface area contributed by atoms with Crippen molar-refractivity contribution in [3.63, 3.8) is 0 Å². The third kappa shape index (κ3) is 2.78. The number of hydrogen-bond donors (Lipinski definition) is 1. The molecule has 6 heteroatoms. The number of aryl methyl sites for hydroxylation is 1. The van der Waals surface area contributed by atoms with Crippen LogP contribution in [0.2, 0.25) is 0 Å². The molecule has 0 atom stereocenters. The average Bonchev–Trinajstić information content (AvgIpc) is 2.70. The third-order valence-corrected chi connectivity index (χ3v) is 2.86. The van der Waals surface area contributed by atoms with E-state index < -0.39 is 11.7 Å².